The molecular formula is C33H64N2O8. The van der Waals surface area contributed by atoms with Crippen LogP contribution in [0.1, 0.15) is 162 Å². The van der Waals surface area contributed by atoms with Crippen molar-refractivity contribution < 1.29 is 39.6 Å². The van der Waals surface area contributed by atoms with Crippen LogP contribution in [0.3, 0.4) is 0 Å². The summed E-state index contributed by atoms with van der Waals surface area (Å²) < 4.78 is 0. The zero-order valence-electron chi connectivity index (χ0n) is 27.8. The summed E-state index contributed by atoms with van der Waals surface area (Å²) in [5.41, 5.74) is -2.74. The quantitative estimate of drug-likeness (QED) is 0.0524. The van der Waals surface area contributed by atoms with Crippen molar-refractivity contribution >= 4 is 23.8 Å². The van der Waals surface area contributed by atoms with Crippen LogP contribution in [0, 0.1) is 0 Å². The molecule has 0 aliphatic rings. The number of hydrazine groups is 1. The first kappa shape index (κ1) is 42.9. The van der Waals surface area contributed by atoms with E-state index < -0.39 is 36.4 Å². The van der Waals surface area contributed by atoms with Gasteiger partial charge in [0.1, 0.15) is 0 Å². The molecule has 0 radical (unpaired) electrons. The molecule has 10 nitrogen and oxygen atoms in total. The van der Waals surface area contributed by atoms with Gasteiger partial charge in [-0.3, -0.25) is 19.4 Å². The molecule has 0 rings (SSSR count). The van der Waals surface area contributed by atoms with Gasteiger partial charge in [0, 0.05) is 27.1 Å². The van der Waals surface area contributed by atoms with E-state index in [0.717, 1.165) is 19.4 Å². The molecule has 254 valence electrons. The Kier molecular flexibility index (Phi) is 28.5. The number of hydrogen-bond acceptors (Lipinski definition) is 6. The summed E-state index contributed by atoms with van der Waals surface area (Å²) in [5.74, 6) is -4.73. The van der Waals surface area contributed by atoms with Crippen LogP contribution in [-0.4, -0.2) is 80.5 Å². The number of unbranched alkanes of at least 4 members (excludes halogenated alkanes) is 18. The van der Waals surface area contributed by atoms with Crippen molar-refractivity contribution in [3.63, 3.8) is 0 Å². The fourth-order valence-electron chi connectivity index (χ4n) is 4.96. The number of amides is 1. The molecule has 4 N–H and O–H groups in total. The maximum Gasteiger partial charge on any atom is 0.336 e. The maximum absolute atomic E-state index is 12.2. The summed E-state index contributed by atoms with van der Waals surface area (Å²) in [4.78, 5) is 42.7. The van der Waals surface area contributed by atoms with Gasteiger partial charge in [0.2, 0.25) is 5.91 Å². The Morgan fingerprint density at radius 1 is 0.535 bits per heavy atom. The third-order valence-electron chi connectivity index (χ3n) is 7.49. The number of carbonyl (C=O) groups excluding carboxylic acids is 1. The van der Waals surface area contributed by atoms with E-state index in [1.165, 1.54) is 116 Å². The summed E-state index contributed by atoms with van der Waals surface area (Å²) >= 11 is 0. The second-order valence-corrected chi connectivity index (χ2v) is 12.0. The lowest BCUT2D eigenvalue weighted by Crippen LogP contribution is -2.42. The molecule has 0 aliphatic heterocycles. The Bertz CT molecular complexity index is 714. The van der Waals surface area contributed by atoms with Crippen molar-refractivity contribution in [2.24, 2.45) is 0 Å². The van der Waals surface area contributed by atoms with E-state index in [4.69, 9.17) is 20.4 Å². The Morgan fingerprint density at radius 3 is 1.12 bits per heavy atom. The molecule has 0 spiro atoms. The topological polar surface area (TPSA) is 156 Å². The molecule has 0 saturated heterocycles. The average Bonchev–Trinajstić information content (AvgIpc) is 2.92. The molecule has 0 aromatic heterocycles. The normalized spacial score (nSPS) is 11.2. The number of hydrogen-bond donors (Lipinski definition) is 4. The fourth-order valence-corrected chi connectivity index (χ4v) is 4.96. The molecule has 1 amide bonds. The second-order valence-electron chi connectivity index (χ2n) is 12.0. The summed E-state index contributed by atoms with van der Waals surface area (Å²) in [5, 5.41) is 37.6. The molecule has 0 atom stereocenters. The average molecular weight is 617 g/mol. The Labute approximate surface area is 261 Å². The van der Waals surface area contributed by atoms with Gasteiger partial charge in [-0.25, -0.2) is 9.80 Å². The molecule has 43 heavy (non-hydrogen) atoms. The van der Waals surface area contributed by atoms with Crippen molar-refractivity contribution in [1.82, 2.24) is 10.0 Å². The number of aliphatic hydroxyl groups is 1. The minimum Gasteiger partial charge on any atom is -0.481 e. The van der Waals surface area contributed by atoms with Crippen LogP contribution in [0.2, 0.25) is 0 Å². The number of carboxylic acid groups (broad SMARTS) is 3. The van der Waals surface area contributed by atoms with Crippen LogP contribution >= 0.6 is 0 Å². The van der Waals surface area contributed by atoms with Gasteiger partial charge in [0.25, 0.3) is 0 Å². The van der Waals surface area contributed by atoms with E-state index in [2.05, 4.69) is 13.8 Å². The smallest absolute Gasteiger partial charge is 0.336 e. The zero-order chi connectivity index (χ0) is 32.9. The summed E-state index contributed by atoms with van der Waals surface area (Å²) in [6, 6.07) is 0. The standard InChI is InChI=1S/C27H56N2O.C6H8O7/c1-5-7-8-9-10-11-12-13-14-15-16-17-18-19-20-21-22-23-24-25-27(30)29(26-6-2)28(3)4;7-3(8)1-6(13,5(11)12)2-4(9)10/h5-26H2,1-4H3;13H,1-2H2,(H,7,8)(H,9,10)(H,11,12). The van der Waals surface area contributed by atoms with Crippen molar-refractivity contribution in [3.8, 4) is 0 Å². The number of nitrogens with zero attached hydrogens (tertiary/aromatic N) is 2. The van der Waals surface area contributed by atoms with Gasteiger partial charge < -0.3 is 20.4 Å². The summed E-state index contributed by atoms with van der Waals surface area (Å²) in [7, 11) is 3.92. The van der Waals surface area contributed by atoms with E-state index in [0.29, 0.717) is 6.42 Å². The van der Waals surface area contributed by atoms with E-state index >= 15 is 0 Å². The van der Waals surface area contributed by atoms with Gasteiger partial charge in [-0.2, -0.15) is 0 Å². The van der Waals surface area contributed by atoms with E-state index in [1.54, 1.807) is 0 Å². The molecule has 10 heteroatoms. The van der Waals surface area contributed by atoms with Crippen molar-refractivity contribution in [3.05, 3.63) is 0 Å². The van der Waals surface area contributed by atoms with Gasteiger partial charge >= 0.3 is 17.9 Å². The van der Waals surface area contributed by atoms with Gasteiger partial charge in [-0.1, -0.05) is 129 Å². The lowest BCUT2D eigenvalue weighted by Gasteiger charge is -2.28. The lowest BCUT2D eigenvalue weighted by molar-refractivity contribution is -0.170. The molecule has 0 aliphatic carbocycles. The van der Waals surface area contributed by atoms with Crippen LogP contribution in [0.25, 0.3) is 0 Å². The monoisotopic (exact) mass is 616 g/mol. The predicted octanol–water partition coefficient (Wildman–Crippen LogP) is 7.28. The second kappa shape index (κ2) is 28.6. The van der Waals surface area contributed by atoms with Crippen LogP contribution < -0.4 is 0 Å². The van der Waals surface area contributed by atoms with Gasteiger partial charge in [0.15, 0.2) is 5.60 Å². The first-order valence-corrected chi connectivity index (χ1v) is 16.8. The van der Waals surface area contributed by atoms with E-state index in [9.17, 15) is 19.2 Å². The fraction of sp³-hybridized carbons (Fsp3) is 0.879. The Hall–Kier alpha value is -2.20. The molecule has 0 aromatic carbocycles. The van der Waals surface area contributed by atoms with Gasteiger partial charge in [0.05, 0.1) is 12.8 Å². The molecule has 0 aromatic rings. The zero-order valence-corrected chi connectivity index (χ0v) is 27.8. The maximum atomic E-state index is 12.2. The number of carbonyl (C=O) groups is 4. The first-order chi connectivity index (χ1) is 20.4. The lowest BCUT2D eigenvalue weighted by atomic mass is 9.96. The van der Waals surface area contributed by atoms with Crippen LogP contribution in [0.4, 0.5) is 0 Å². The van der Waals surface area contributed by atoms with E-state index in [1.807, 2.05) is 24.1 Å². The molecule has 0 saturated carbocycles. The van der Waals surface area contributed by atoms with E-state index in [-0.39, 0.29) is 5.91 Å². The predicted molar refractivity (Wildman–Crippen MR) is 171 cm³/mol. The Morgan fingerprint density at radius 2 is 0.860 bits per heavy atom. The summed E-state index contributed by atoms with van der Waals surface area (Å²) in [6.45, 7) is 5.26. The van der Waals surface area contributed by atoms with Crippen molar-refractivity contribution in [1.29, 1.82) is 0 Å². The number of carboxylic acids is 3. The minimum absolute atomic E-state index is 0.286. The SMILES string of the molecule is CCCCCCCCCCCCCCCCCCCCCC(=O)N(CCC)N(C)C.O=C(O)CC(O)(CC(=O)O)C(=O)O. The first-order valence-electron chi connectivity index (χ1n) is 16.8. The highest BCUT2D eigenvalue weighted by Gasteiger charge is 2.40. The third-order valence-corrected chi connectivity index (χ3v) is 7.49. The molecule has 0 heterocycles. The number of aliphatic carboxylic acids is 3. The van der Waals surface area contributed by atoms with Crippen LogP contribution in [0.15, 0.2) is 0 Å². The van der Waals surface area contributed by atoms with Crippen molar-refractivity contribution in [2.75, 3.05) is 20.6 Å². The van der Waals surface area contributed by atoms with Gasteiger partial charge in [-0.15, -0.1) is 0 Å². The Balaban J connectivity index is 0. The molecule has 0 bridgehead atoms. The highest BCUT2D eigenvalue weighted by molar-refractivity contribution is 5.88. The highest BCUT2D eigenvalue weighted by Crippen LogP contribution is 2.16. The third kappa shape index (κ3) is 27.1. The van der Waals surface area contributed by atoms with Crippen LogP contribution in [-0.2, 0) is 19.2 Å². The minimum atomic E-state index is -2.74. The molecule has 0 fully saturated rings. The molecule has 0 unspecified atom stereocenters. The van der Waals surface area contributed by atoms with Crippen LogP contribution in [0.5, 0.6) is 0 Å². The molecular weight excluding hydrogens is 552 g/mol. The van der Waals surface area contributed by atoms with Crippen molar-refractivity contribution in [2.45, 2.75) is 167 Å². The number of rotatable bonds is 28. The largest absolute Gasteiger partial charge is 0.481 e. The summed E-state index contributed by atoms with van der Waals surface area (Å²) in [6.07, 6.45) is 25.9. The highest BCUT2D eigenvalue weighted by atomic mass is 16.4. The van der Waals surface area contributed by atoms with Gasteiger partial charge in [-0.05, 0) is 12.8 Å².